The molecule has 1 aromatic heterocycles. The van der Waals surface area contributed by atoms with Crippen LogP contribution in [-0.4, -0.2) is 38.5 Å². The molecule has 3 rings (SSSR count). The smallest absolute Gasteiger partial charge is 0.305 e. The molecule has 3 aromatic rings. The van der Waals surface area contributed by atoms with E-state index in [9.17, 15) is 19.4 Å². The minimum absolute atomic E-state index is 0.0984. The molecule has 0 amide bonds. The average Bonchev–Trinajstić information content (AvgIpc) is 2.81. The van der Waals surface area contributed by atoms with Gasteiger partial charge in [0.2, 0.25) is 0 Å². The SMILES string of the molecule is CC(C)c1cc(OCc2ccncc2)cc(-c2ccc(F)cc2)c1C=CC(O)CC(O)CC(=O)O. The van der Waals surface area contributed by atoms with E-state index in [0.717, 1.165) is 27.8 Å². The lowest BCUT2D eigenvalue weighted by atomic mass is 9.89. The fourth-order valence-corrected chi connectivity index (χ4v) is 3.76. The molecule has 0 aliphatic rings. The molecule has 3 N–H and O–H groups in total. The average molecular weight is 480 g/mol. The second-order valence-corrected chi connectivity index (χ2v) is 8.69. The first-order valence-corrected chi connectivity index (χ1v) is 11.4. The molecule has 0 saturated heterocycles. The van der Waals surface area contributed by atoms with Crippen molar-refractivity contribution < 1.29 is 29.2 Å². The number of aromatic nitrogens is 1. The molecule has 1 heterocycles. The van der Waals surface area contributed by atoms with E-state index in [0.29, 0.717) is 12.4 Å². The van der Waals surface area contributed by atoms with Crippen LogP contribution in [0.3, 0.4) is 0 Å². The van der Waals surface area contributed by atoms with Crippen molar-refractivity contribution in [1.82, 2.24) is 4.98 Å². The molecule has 0 spiro atoms. The van der Waals surface area contributed by atoms with Gasteiger partial charge in [0.05, 0.1) is 18.6 Å². The summed E-state index contributed by atoms with van der Waals surface area (Å²) < 4.78 is 19.7. The van der Waals surface area contributed by atoms with Gasteiger partial charge in [-0.2, -0.15) is 0 Å². The summed E-state index contributed by atoms with van der Waals surface area (Å²) in [4.78, 5) is 14.8. The zero-order valence-corrected chi connectivity index (χ0v) is 19.8. The van der Waals surface area contributed by atoms with Crippen molar-refractivity contribution in [3.8, 4) is 16.9 Å². The van der Waals surface area contributed by atoms with E-state index in [1.165, 1.54) is 18.2 Å². The fourth-order valence-electron chi connectivity index (χ4n) is 3.76. The zero-order chi connectivity index (χ0) is 25.4. The van der Waals surface area contributed by atoms with E-state index in [2.05, 4.69) is 4.98 Å². The highest BCUT2D eigenvalue weighted by atomic mass is 19.1. The van der Waals surface area contributed by atoms with Crippen LogP contribution >= 0.6 is 0 Å². The molecule has 0 fully saturated rings. The van der Waals surface area contributed by atoms with Gasteiger partial charge in [-0.25, -0.2) is 4.39 Å². The molecule has 0 aliphatic carbocycles. The van der Waals surface area contributed by atoms with Crippen LogP contribution < -0.4 is 4.74 Å². The summed E-state index contributed by atoms with van der Waals surface area (Å²) in [5, 5.41) is 29.0. The van der Waals surface area contributed by atoms with Gasteiger partial charge in [0.15, 0.2) is 0 Å². The Balaban J connectivity index is 1.98. The van der Waals surface area contributed by atoms with E-state index in [1.807, 2.05) is 38.1 Å². The van der Waals surface area contributed by atoms with Gasteiger partial charge in [-0.3, -0.25) is 9.78 Å². The third-order valence-electron chi connectivity index (χ3n) is 5.53. The minimum atomic E-state index is -1.16. The quantitative estimate of drug-likeness (QED) is 0.350. The lowest BCUT2D eigenvalue weighted by molar-refractivity contribution is -0.139. The van der Waals surface area contributed by atoms with Crippen molar-refractivity contribution in [2.75, 3.05) is 0 Å². The van der Waals surface area contributed by atoms with Crippen LogP contribution in [0.2, 0.25) is 0 Å². The first kappa shape index (κ1) is 26.1. The second kappa shape index (κ2) is 12.2. The van der Waals surface area contributed by atoms with Gasteiger partial charge < -0.3 is 20.1 Å². The standard InChI is InChI=1S/C28H30FNO5/c1-18(2)26-15-24(35-17-19-9-11-30-12-10-19)16-27(20-3-5-21(29)6-4-20)25(26)8-7-22(31)13-23(32)14-28(33)34/h3-12,15-16,18,22-23,31-32H,13-14,17H2,1-2H3,(H,33,34). The molecule has 6 nitrogen and oxygen atoms in total. The predicted molar refractivity (Wildman–Crippen MR) is 132 cm³/mol. The van der Waals surface area contributed by atoms with Gasteiger partial charge in [-0.05, 0) is 70.1 Å². The number of ether oxygens (including phenoxy) is 1. The molecule has 7 heteroatoms. The number of hydrogen-bond acceptors (Lipinski definition) is 5. The van der Waals surface area contributed by atoms with Gasteiger partial charge >= 0.3 is 5.97 Å². The summed E-state index contributed by atoms with van der Waals surface area (Å²) in [6.07, 6.45) is 3.98. The summed E-state index contributed by atoms with van der Waals surface area (Å²) in [5.41, 5.74) is 4.35. The van der Waals surface area contributed by atoms with Crippen molar-refractivity contribution in [2.24, 2.45) is 0 Å². The Kier molecular flexibility index (Phi) is 9.11. The highest BCUT2D eigenvalue weighted by Crippen LogP contribution is 2.36. The van der Waals surface area contributed by atoms with E-state index in [1.54, 1.807) is 30.6 Å². The maximum Gasteiger partial charge on any atom is 0.305 e. The molecule has 2 atom stereocenters. The van der Waals surface area contributed by atoms with Crippen molar-refractivity contribution in [3.05, 3.63) is 89.5 Å². The summed E-state index contributed by atoms with van der Waals surface area (Å²) >= 11 is 0. The van der Waals surface area contributed by atoms with Gasteiger partial charge in [-0.1, -0.05) is 38.1 Å². The molecule has 2 aromatic carbocycles. The maximum atomic E-state index is 13.6. The number of benzene rings is 2. The summed E-state index contributed by atoms with van der Waals surface area (Å²) in [5.74, 6) is -0.716. The van der Waals surface area contributed by atoms with Crippen LogP contribution in [0.15, 0.2) is 67.0 Å². The minimum Gasteiger partial charge on any atom is -0.489 e. The summed E-state index contributed by atoms with van der Waals surface area (Å²) in [7, 11) is 0. The molecule has 0 saturated carbocycles. The van der Waals surface area contributed by atoms with Crippen LogP contribution in [0.5, 0.6) is 5.75 Å². The lowest BCUT2D eigenvalue weighted by Crippen LogP contribution is -2.19. The number of halogens is 1. The fraction of sp³-hybridized carbons (Fsp3) is 0.286. The van der Waals surface area contributed by atoms with Crippen LogP contribution in [0.25, 0.3) is 17.2 Å². The van der Waals surface area contributed by atoms with Crippen LogP contribution in [0.1, 0.15) is 49.3 Å². The van der Waals surface area contributed by atoms with Crippen LogP contribution in [0.4, 0.5) is 4.39 Å². The molecule has 35 heavy (non-hydrogen) atoms. The first-order chi connectivity index (χ1) is 16.7. The van der Waals surface area contributed by atoms with Crippen molar-refractivity contribution in [1.29, 1.82) is 0 Å². The van der Waals surface area contributed by atoms with Gasteiger partial charge in [0, 0.05) is 18.8 Å². The largest absolute Gasteiger partial charge is 0.489 e. The predicted octanol–water partition coefficient (Wildman–Crippen LogP) is 5.19. The number of pyridine rings is 1. The van der Waals surface area contributed by atoms with Crippen molar-refractivity contribution >= 4 is 12.0 Å². The summed E-state index contributed by atoms with van der Waals surface area (Å²) in [6.45, 7) is 4.44. The lowest BCUT2D eigenvalue weighted by Gasteiger charge is -2.19. The van der Waals surface area contributed by atoms with Crippen molar-refractivity contribution in [2.45, 2.75) is 51.4 Å². The topological polar surface area (TPSA) is 99.9 Å². The molecule has 0 aliphatic heterocycles. The first-order valence-electron chi connectivity index (χ1n) is 11.4. The number of rotatable bonds is 11. The number of carboxylic acid groups (broad SMARTS) is 1. The molecule has 0 radical (unpaired) electrons. The van der Waals surface area contributed by atoms with Gasteiger partial charge in [-0.15, -0.1) is 0 Å². The number of hydrogen-bond donors (Lipinski definition) is 3. The van der Waals surface area contributed by atoms with Crippen LogP contribution in [-0.2, 0) is 11.4 Å². The Morgan fingerprint density at radius 3 is 2.40 bits per heavy atom. The Morgan fingerprint density at radius 2 is 1.77 bits per heavy atom. The number of aliphatic hydroxyl groups excluding tert-OH is 2. The van der Waals surface area contributed by atoms with E-state index >= 15 is 0 Å². The number of aliphatic hydroxyl groups is 2. The Morgan fingerprint density at radius 1 is 1.09 bits per heavy atom. The van der Waals surface area contributed by atoms with E-state index in [-0.39, 0.29) is 18.2 Å². The zero-order valence-electron chi connectivity index (χ0n) is 19.8. The molecule has 2 unspecified atom stereocenters. The Hall–Kier alpha value is -3.55. The molecule has 0 bridgehead atoms. The Bertz CT molecular complexity index is 1150. The van der Waals surface area contributed by atoms with Crippen molar-refractivity contribution in [3.63, 3.8) is 0 Å². The number of nitrogens with zero attached hydrogens (tertiary/aromatic N) is 1. The third kappa shape index (κ3) is 7.73. The van der Waals surface area contributed by atoms with Gasteiger partial charge in [0.25, 0.3) is 0 Å². The highest BCUT2D eigenvalue weighted by molar-refractivity contribution is 5.79. The summed E-state index contributed by atoms with van der Waals surface area (Å²) in [6, 6.07) is 13.7. The van der Waals surface area contributed by atoms with E-state index in [4.69, 9.17) is 9.84 Å². The van der Waals surface area contributed by atoms with E-state index < -0.39 is 24.6 Å². The number of carboxylic acids is 1. The van der Waals surface area contributed by atoms with Crippen LogP contribution in [0, 0.1) is 5.82 Å². The maximum absolute atomic E-state index is 13.6. The molecular weight excluding hydrogens is 449 g/mol. The normalized spacial score (nSPS) is 13.2. The molecular formula is C28H30FNO5. The number of aliphatic carboxylic acids is 1. The third-order valence-corrected chi connectivity index (χ3v) is 5.53. The molecule has 184 valence electrons. The Labute approximate surface area is 204 Å². The number of carbonyl (C=O) groups is 1. The van der Waals surface area contributed by atoms with Gasteiger partial charge in [0.1, 0.15) is 18.2 Å². The monoisotopic (exact) mass is 479 g/mol. The second-order valence-electron chi connectivity index (χ2n) is 8.69. The highest BCUT2D eigenvalue weighted by Gasteiger charge is 2.17.